The molecule has 584 valence electrons. The SMILES string of the molecule is CC/C=C\C/C=C\C/C=C\C/C=C\C/C=C\CCCCCC(=O)OC[C@H](COP(=O)(O)OC[C@@H](O)COP(=O)(O)OC[C@@H](COC(=O)CCCCCCCCCCCCCCC)OC(=O)CCCCCCCCCCCCCCCCC)OC(=O)CCCCCCCCCCCCCCC. The molecule has 0 rings (SSSR count). The lowest BCUT2D eigenvalue weighted by Gasteiger charge is -2.21. The van der Waals surface area contributed by atoms with E-state index in [-0.39, 0.29) is 25.7 Å². The fraction of sp³-hybridized carbons (Fsp3) is 0.827. The zero-order chi connectivity index (χ0) is 73.2. The first-order valence-electron chi connectivity index (χ1n) is 40.5. The number of phosphoric acid groups is 2. The number of phosphoric ester groups is 2. The minimum absolute atomic E-state index is 0.0937. The maximum absolute atomic E-state index is 13.1. The van der Waals surface area contributed by atoms with Crippen molar-refractivity contribution >= 4 is 39.5 Å². The Labute approximate surface area is 610 Å². The number of carbonyl (C=O) groups excluding carboxylic acids is 4. The third-order valence-corrected chi connectivity index (χ3v) is 19.4. The minimum Gasteiger partial charge on any atom is -0.462 e. The molecule has 0 amide bonds. The Morgan fingerprint density at radius 3 is 0.800 bits per heavy atom. The Balaban J connectivity index is 5.32. The molecule has 0 aliphatic heterocycles. The molecule has 0 radical (unpaired) electrons. The molecule has 0 aromatic carbocycles. The van der Waals surface area contributed by atoms with Crippen molar-refractivity contribution in [3.63, 3.8) is 0 Å². The first-order chi connectivity index (χ1) is 48.7. The summed E-state index contributed by atoms with van der Waals surface area (Å²) in [5, 5.41) is 10.6. The Morgan fingerprint density at radius 2 is 0.520 bits per heavy atom. The highest BCUT2D eigenvalue weighted by atomic mass is 31.2. The van der Waals surface area contributed by atoms with Gasteiger partial charge in [-0.2, -0.15) is 0 Å². The Hall–Kier alpha value is -3.24. The van der Waals surface area contributed by atoms with Crippen LogP contribution in [0.5, 0.6) is 0 Å². The van der Waals surface area contributed by atoms with Crippen LogP contribution in [0.15, 0.2) is 60.8 Å². The summed E-state index contributed by atoms with van der Waals surface area (Å²) in [7, 11) is -9.94. The zero-order valence-corrected chi connectivity index (χ0v) is 65.7. The van der Waals surface area contributed by atoms with Gasteiger partial charge < -0.3 is 33.8 Å². The molecule has 0 saturated heterocycles. The normalized spacial score (nSPS) is 14.2. The number of hydrogen-bond donors (Lipinski definition) is 3. The van der Waals surface area contributed by atoms with Crippen LogP contribution in [0.3, 0.4) is 0 Å². The predicted molar refractivity (Wildman–Crippen MR) is 409 cm³/mol. The number of allylic oxidation sites excluding steroid dienone is 10. The molecule has 2 unspecified atom stereocenters. The molecule has 0 aliphatic carbocycles. The summed E-state index contributed by atoms with van der Waals surface area (Å²) in [6.07, 6.45) is 73.4. The van der Waals surface area contributed by atoms with Crippen molar-refractivity contribution in [2.24, 2.45) is 0 Å². The highest BCUT2D eigenvalue weighted by Gasteiger charge is 2.30. The molecule has 19 heteroatoms. The van der Waals surface area contributed by atoms with E-state index in [1.54, 1.807) is 0 Å². The quantitative estimate of drug-likeness (QED) is 0.0169. The number of esters is 4. The van der Waals surface area contributed by atoms with Crippen molar-refractivity contribution < 1.29 is 80.2 Å². The summed E-state index contributed by atoms with van der Waals surface area (Å²) in [4.78, 5) is 73.0. The highest BCUT2D eigenvalue weighted by Crippen LogP contribution is 2.45. The number of ether oxygens (including phenoxy) is 4. The summed E-state index contributed by atoms with van der Waals surface area (Å²) in [6.45, 7) is 4.81. The first-order valence-corrected chi connectivity index (χ1v) is 43.5. The summed E-state index contributed by atoms with van der Waals surface area (Å²) < 4.78 is 68.6. The highest BCUT2D eigenvalue weighted by molar-refractivity contribution is 7.47. The molecule has 17 nitrogen and oxygen atoms in total. The molecule has 5 atom stereocenters. The molecule has 0 aliphatic rings. The molecule has 0 aromatic rings. The van der Waals surface area contributed by atoms with E-state index in [9.17, 15) is 43.2 Å². The molecule has 0 aromatic heterocycles. The maximum Gasteiger partial charge on any atom is 0.472 e. The van der Waals surface area contributed by atoms with E-state index >= 15 is 0 Å². The Kier molecular flexibility index (Phi) is 71.6. The topological polar surface area (TPSA) is 237 Å². The molecule has 0 heterocycles. The first kappa shape index (κ1) is 96.8. The van der Waals surface area contributed by atoms with E-state index < -0.39 is 97.5 Å². The lowest BCUT2D eigenvalue weighted by atomic mass is 10.0. The van der Waals surface area contributed by atoms with Gasteiger partial charge in [-0.1, -0.05) is 339 Å². The molecule has 100 heavy (non-hydrogen) atoms. The fourth-order valence-electron chi connectivity index (χ4n) is 11.4. The Bertz CT molecular complexity index is 2130. The summed E-state index contributed by atoms with van der Waals surface area (Å²) >= 11 is 0. The van der Waals surface area contributed by atoms with Gasteiger partial charge in [0.15, 0.2) is 12.2 Å². The lowest BCUT2D eigenvalue weighted by molar-refractivity contribution is -0.161. The van der Waals surface area contributed by atoms with E-state index in [0.29, 0.717) is 25.7 Å². The number of rotatable bonds is 77. The van der Waals surface area contributed by atoms with E-state index in [4.69, 9.17) is 37.0 Å². The van der Waals surface area contributed by atoms with Crippen molar-refractivity contribution in [1.82, 2.24) is 0 Å². The largest absolute Gasteiger partial charge is 0.472 e. The van der Waals surface area contributed by atoms with Crippen molar-refractivity contribution in [2.45, 2.75) is 393 Å². The van der Waals surface area contributed by atoms with Crippen LogP contribution in [0.2, 0.25) is 0 Å². The van der Waals surface area contributed by atoms with Gasteiger partial charge in [-0.3, -0.25) is 37.3 Å². The molecule has 0 bridgehead atoms. The average molecular weight is 1460 g/mol. The van der Waals surface area contributed by atoms with Gasteiger partial charge in [0.25, 0.3) is 0 Å². The van der Waals surface area contributed by atoms with Crippen molar-refractivity contribution in [3.8, 4) is 0 Å². The van der Waals surface area contributed by atoms with Gasteiger partial charge in [0.05, 0.1) is 26.4 Å². The van der Waals surface area contributed by atoms with Gasteiger partial charge in [-0.15, -0.1) is 0 Å². The van der Waals surface area contributed by atoms with Gasteiger partial charge in [-0.25, -0.2) is 9.13 Å². The molecule has 0 spiro atoms. The molecular weight excluding hydrogens is 1310 g/mol. The molecule has 0 fully saturated rings. The van der Waals surface area contributed by atoms with Crippen molar-refractivity contribution in [3.05, 3.63) is 60.8 Å². The maximum atomic E-state index is 13.1. The number of aliphatic hydroxyl groups excluding tert-OH is 1. The summed E-state index contributed by atoms with van der Waals surface area (Å²) in [6, 6.07) is 0. The van der Waals surface area contributed by atoms with E-state index in [1.807, 2.05) is 0 Å². The number of unbranched alkanes of at least 4 members (excludes halogenated alkanes) is 41. The van der Waals surface area contributed by atoms with Crippen molar-refractivity contribution in [2.75, 3.05) is 39.6 Å². The summed E-state index contributed by atoms with van der Waals surface area (Å²) in [5.74, 6) is -2.17. The Morgan fingerprint density at radius 1 is 0.290 bits per heavy atom. The number of hydrogen-bond acceptors (Lipinski definition) is 15. The third kappa shape index (κ3) is 73.1. The molecular formula is C81H148O17P2. The lowest BCUT2D eigenvalue weighted by Crippen LogP contribution is -2.30. The third-order valence-electron chi connectivity index (χ3n) is 17.5. The van der Waals surface area contributed by atoms with Crippen LogP contribution < -0.4 is 0 Å². The van der Waals surface area contributed by atoms with Crippen LogP contribution in [0.25, 0.3) is 0 Å². The van der Waals surface area contributed by atoms with Crippen LogP contribution in [-0.2, 0) is 65.4 Å². The second-order valence-electron chi connectivity index (χ2n) is 27.4. The van der Waals surface area contributed by atoms with E-state index in [2.05, 4.69) is 88.5 Å². The molecule has 0 saturated carbocycles. The predicted octanol–water partition coefficient (Wildman–Crippen LogP) is 23.5. The average Bonchev–Trinajstić information content (AvgIpc) is 0.924. The zero-order valence-electron chi connectivity index (χ0n) is 63.9. The molecule has 3 N–H and O–H groups in total. The second-order valence-corrected chi connectivity index (χ2v) is 30.3. The van der Waals surface area contributed by atoms with Gasteiger partial charge in [-0.05, 0) is 70.6 Å². The van der Waals surface area contributed by atoms with E-state index in [0.717, 1.165) is 122 Å². The smallest absolute Gasteiger partial charge is 0.462 e. The van der Waals surface area contributed by atoms with E-state index in [1.165, 1.54) is 173 Å². The number of aliphatic hydroxyl groups is 1. The van der Waals surface area contributed by atoms with Crippen LogP contribution >= 0.6 is 15.6 Å². The minimum atomic E-state index is -4.97. The number of carbonyl (C=O) groups is 4. The fourth-order valence-corrected chi connectivity index (χ4v) is 12.9. The van der Waals surface area contributed by atoms with Crippen LogP contribution in [0.1, 0.15) is 374 Å². The summed E-state index contributed by atoms with van der Waals surface area (Å²) in [5.41, 5.74) is 0. The van der Waals surface area contributed by atoms with Crippen molar-refractivity contribution in [1.29, 1.82) is 0 Å². The van der Waals surface area contributed by atoms with Gasteiger partial charge in [0, 0.05) is 25.7 Å². The van der Waals surface area contributed by atoms with Gasteiger partial charge in [0.2, 0.25) is 0 Å². The second kappa shape index (κ2) is 74.0. The monoisotopic (exact) mass is 1460 g/mol. The standard InChI is InChI=1S/C81H148O17P2/c1-5-9-13-17-21-25-29-33-35-36-37-38-40-43-46-50-54-58-62-66-79(84)92-72-76(97-80(85)67-63-59-55-51-47-42-32-28-24-20-16-12-8-4)73-95-99(87,88)93-69-75(82)70-94-100(89,90)96-74-77(71-91-78(83)65-61-57-53-49-45-41-31-27-23-19-15-11-7-3)98-81(86)68-64-60-56-52-48-44-39-34-30-26-22-18-14-10-6-2/h9,13,21,25,33,35,37-38,43,46,75-77,82H,5-8,10-12,14-20,22-24,26-32,34,36,39-42,44-45,47-74H2,1-4H3,(H,87,88)(H,89,90)/b13-9-,25-21-,35-33-,38-37-,46-43-/t75-,76-,77-/m1/s1. The van der Waals surface area contributed by atoms with Gasteiger partial charge >= 0.3 is 39.5 Å². The van der Waals surface area contributed by atoms with Crippen LogP contribution in [0.4, 0.5) is 0 Å². The van der Waals surface area contributed by atoms with Crippen LogP contribution in [0, 0.1) is 0 Å². The van der Waals surface area contributed by atoms with Gasteiger partial charge in [0.1, 0.15) is 19.3 Å². The van der Waals surface area contributed by atoms with Crippen LogP contribution in [-0.4, -0.2) is 96.7 Å².